The quantitative estimate of drug-likeness (QED) is 0.601. The van der Waals surface area contributed by atoms with E-state index in [2.05, 4.69) is 34.6 Å². The predicted molar refractivity (Wildman–Crippen MR) is 69.0 cm³/mol. The average Bonchev–Trinajstić information content (AvgIpc) is 2.86. The minimum atomic E-state index is 0.219. The van der Waals surface area contributed by atoms with E-state index in [0.717, 1.165) is 32.5 Å². The van der Waals surface area contributed by atoms with E-state index in [9.17, 15) is 0 Å². The van der Waals surface area contributed by atoms with Gasteiger partial charge in [0.15, 0.2) is 0 Å². The van der Waals surface area contributed by atoms with Crippen LogP contribution in [0.2, 0.25) is 0 Å². The molecule has 1 aliphatic carbocycles. The molecular formula is C14H20N2O. The summed E-state index contributed by atoms with van der Waals surface area (Å²) in [6.45, 7) is 2.66. The fourth-order valence-electron chi connectivity index (χ4n) is 2.39. The van der Waals surface area contributed by atoms with E-state index in [0.29, 0.717) is 0 Å². The number of nitrogens with zero attached hydrogens (tertiary/aromatic N) is 1. The van der Waals surface area contributed by atoms with Gasteiger partial charge in [-0.2, -0.15) is 0 Å². The van der Waals surface area contributed by atoms with Crippen LogP contribution in [-0.2, 0) is 10.2 Å². The summed E-state index contributed by atoms with van der Waals surface area (Å²) in [5.41, 5.74) is 1.60. The van der Waals surface area contributed by atoms with Gasteiger partial charge in [-0.25, -0.2) is 0 Å². The fourth-order valence-corrected chi connectivity index (χ4v) is 2.39. The molecule has 17 heavy (non-hydrogen) atoms. The molecule has 0 aliphatic heterocycles. The van der Waals surface area contributed by atoms with Gasteiger partial charge in [0.25, 0.3) is 0 Å². The molecule has 0 fully saturated rings. The van der Waals surface area contributed by atoms with Crippen molar-refractivity contribution in [2.24, 2.45) is 0 Å². The van der Waals surface area contributed by atoms with Crippen molar-refractivity contribution in [1.82, 2.24) is 10.3 Å². The molecule has 0 saturated carbocycles. The number of hydrogen-bond donors (Lipinski definition) is 1. The Hall–Kier alpha value is -1.19. The second-order valence-corrected chi connectivity index (χ2v) is 4.57. The SMILES string of the molecule is COCCNCC1(c2ccncc2)CC=CC1. The zero-order valence-corrected chi connectivity index (χ0v) is 10.4. The van der Waals surface area contributed by atoms with Crippen molar-refractivity contribution in [2.45, 2.75) is 18.3 Å². The standard InChI is InChI=1S/C14H20N2O/c1-17-11-10-16-12-14(6-2-3-7-14)13-4-8-15-9-5-13/h2-5,8-9,16H,6-7,10-12H2,1H3. The van der Waals surface area contributed by atoms with Crippen molar-refractivity contribution in [1.29, 1.82) is 0 Å². The Balaban J connectivity index is 2.01. The highest BCUT2D eigenvalue weighted by molar-refractivity contribution is 5.29. The lowest BCUT2D eigenvalue weighted by molar-refractivity contribution is 0.196. The summed E-state index contributed by atoms with van der Waals surface area (Å²) >= 11 is 0. The van der Waals surface area contributed by atoms with Gasteiger partial charge < -0.3 is 10.1 Å². The van der Waals surface area contributed by atoms with E-state index in [4.69, 9.17) is 4.74 Å². The van der Waals surface area contributed by atoms with Crippen LogP contribution >= 0.6 is 0 Å². The molecule has 0 saturated heterocycles. The van der Waals surface area contributed by atoms with Crippen LogP contribution in [0.5, 0.6) is 0 Å². The number of nitrogens with one attached hydrogen (secondary N) is 1. The summed E-state index contributed by atoms with van der Waals surface area (Å²) in [7, 11) is 1.73. The number of allylic oxidation sites excluding steroid dienone is 2. The molecule has 1 aromatic rings. The van der Waals surface area contributed by atoms with Crippen LogP contribution in [0.15, 0.2) is 36.7 Å². The molecule has 1 aromatic heterocycles. The second-order valence-electron chi connectivity index (χ2n) is 4.57. The van der Waals surface area contributed by atoms with Gasteiger partial charge in [0.1, 0.15) is 0 Å². The molecule has 0 radical (unpaired) electrons. The highest BCUT2D eigenvalue weighted by Crippen LogP contribution is 2.36. The van der Waals surface area contributed by atoms with Crippen molar-refractivity contribution in [2.75, 3.05) is 26.8 Å². The predicted octanol–water partition coefficient (Wildman–Crippen LogP) is 1.91. The minimum Gasteiger partial charge on any atom is -0.383 e. The first-order valence-corrected chi connectivity index (χ1v) is 6.12. The van der Waals surface area contributed by atoms with Crippen LogP contribution in [0.3, 0.4) is 0 Å². The molecule has 0 unspecified atom stereocenters. The van der Waals surface area contributed by atoms with E-state index in [1.165, 1.54) is 5.56 Å². The van der Waals surface area contributed by atoms with E-state index in [1.807, 2.05) is 12.4 Å². The third kappa shape index (κ3) is 2.93. The lowest BCUT2D eigenvalue weighted by Gasteiger charge is -2.30. The molecule has 0 amide bonds. The summed E-state index contributed by atoms with van der Waals surface area (Å²) in [5, 5.41) is 3.48. The van der Waals surface area contributed by atoms with Crippen LogP contribution in [0, 0.1) is 0 Å². The van der Waals surface area contributed by atoms with Crippen LogP contribution in [0.1, 0.15) is 18.4 Å². The normalized spacial score (nSPS) is 17.5. The van der Waals surface area contributed by atoms with Crippen LogP contribution in [0.25, 0.3) is 0 Å². The lowest BCUT2D eigenvalue weighted by Crippen LogP contribution is -2.37. The van der Waals surface area contributed by atoms with Crippen LogP contribution in [0.4, 0.5) is 0 Å². The van der Waals surface area contributed by atoms with Crippen molar-refractivity contribution >= 4 is 0 Å². The fraction of sp³-hybridized carbons (Fsp3) is 0.500. The number of pyridine rings is 1. The third-order valence-corrected chi connectivity index (χ3v) is 3.42. The molecule has 0 atom stereocenters. The molecule has 0 bridgehead atoms. The molecule has 92 valence electrons. The van der Waals surface area contributed by atoms with E-state index >= 15 is 0 Å². The molecule has 1 N–H and O–H groups in total. The van der Waals surface area contributed by atoms with Crippen molar-refractivity contribution in [3.8, 4) is 0 Å². The first kappa shape index (κ1) is 12.3. The highest BCUT2D eigenvalue weighted by Gasteiger charge is 2.32. The van der Waals surface area contributed by atoms with Gasteiger partial charge in [0.05, 0.1) is 6.61 Å². The topological polar surface area (TPSA) is 34.1 Å². The molecular weight excluding hydrogens is 212 g/mol. The summed E-state index contributed by atoms with van der Waals surface area (Å²) in [6.07, 6.45) is 10.5. The minimum absolute atomic E-state index is 0.219. The molecule has 0 spiro atoms. The maximum atomic E-state index is 5.06. The smallest absolute Gasteiger partial charge is 0.0587 e. The number of methoxy groups -OCH3 is 1. The molecule has 3 nitrogen and oxygen atoms in total. The van der Waals surface area contributed by atoms with Crippen LogP contribution in [-0.4, -0.2) is 31.8 Å². The number of hydrogen-bond acceptors (Lipinski definition) is 3. The van der Waals surface area contributed by atoms with Crippen molar-refractivity contribution in [3.63, 3.8) is 0 Å². The molecule has 3 heteroatoms. The first-order chi connectivity index (χ1) is 8.37. The van der Waals surface area contributed by atoms with Crippen LogP contribution < -0.4 is 5.32 Å². The second kappa shape index (κ2) is 5.94. The van der Waals surface area contributed by atoms with Gasteiger partial charge in [0, 0.05) is 38.0 Å². The summed E-state index contributed by atoms with van der Waals surface area (Å²) in [4.78, 5) is 4.10. The Morgan fingerprint density at radius 1 is 1.29 bits per heavy atom. The summed E-state index contributed by atoms with van der Waals surface area (Å²) in [6, 6.07) is 4.26. The van der Waals surface area contributed by atoms with Gasteiger partial charge in [-0.3, -0.25) is 4.98 Å². The maximum Gasteiger partial charge on any atom is 0.0587 e. The summed E-state index contributed by atoms with van der Waals surface area (Å²) in [5.74, 6) is 0. The van der Waals surface area contributed by atoms with Gasteiger partial charge in [-0.15, -0.1) is 0 Å². The Morgan fingerprint density at radius 3 is 2.65 bits per heavy atom. The monoisotopic (exact) mass is 232 g/mol. The number of rotatable bonds is 6. The zero-order valence-electron chi connectivity index (χ0n) is 10.4. The average molecular weight is 232 g/mol. The molecule has 1 aliphatic rings. The Morgan fingerprint density at radius 2 is 2.00 bits per heavy atom. The zero-order chi connectivity index (χ0) is 12.0. The van der Waals surface area contributed by atoms with Gasteiger partial charge >= 0.3 is 0 Å². The Kier molecular flexibility index (Phi) is 4.29. The highest BCUT2D eigenvalue weighted by atomic mass is 16.5. The lowest BCUT2D eigenvalue weighted by atomic mass is 9.78. The number of ether oxygens (including phenoxy) is 1. The van der Waals surface area contributed by atoms with Gasteiger partial charge in [-0.1, -0.05) is 12.2 Å². The summed E-state index contributed by atoms with van der Waals surface area (Å²) < 4.78 is 5.06. The van der Waals surface area contributed by atoms with Crippen molar-refractivity contribution < 1.29 is 4.74 Å². The van der Waals surface area contributed by atoms with Gasteiger partial charge in [0.2, 0.25) is 0 Å². The third-order valence-electron chi connectivity index (χ3n) is 3.42. The van der Waals surface area contributed by atoms with E-state index < -0.39 is 0 Å². The largest absolute Gasteiger partial charge is 0.383 e. The Bertz CT molecular complexity index is 354. The molecule has 1 heterocycles. The molecule has 0 aromatic carbocycles. The first-order valence-electron chi connectivity index (χ1n) is 6.12. The van der Waals surface area contributed by atoms with Gasteiger partial charge in [-0.05, 0) is 30.5 Å². The number of aromatic nitrogens is 1. The maximum absolute atomic E-state index is 5.06. The van der Waals surface area contributed by atoms with Crippen molar-refractivity contribution in [3.05, 3.63) is 42.2 Å². The van der Waals surface area contributed by atoms with E-state index in [-0.39, 0.29) is 5.41 Å². The Labute approximate surface area is 103 Å². The molecule has 2 rings (SSSR count). The van der Waals surface area contributed by atoms with E-state index in [1.54, 1.807) is 7.11 Å².